The first-order valence-corrected chi connectivity index (χ1v) is 5.61. The number of carbonyl (C=O) groups is 1. The summed E-state index contributed by atoms with van der Waals surface area (Å²) in [5.41, 5.74) is 0.340. The molecule has 1 atom stereocenters. The quantitative estimate of drug-likeness (QED) is 0.792. The van der Waals surface area contributed by atoms with E-state index in [2.05, 4.69) is 17.5 Å². The van der Waals surface area contributed by atoms with Crippen molar-refractivity contribution in [3.05, 3.63) is 41.7 Å². The first-order chi connectivity index (χ1) is 8.16. The summed E-state index contributed by atoms with van der Waals surface area (Å²) in [6.45, 7) is 0. The second-order valence-corrected chi connectivity index (χ2v) is 4.13. The van der Waals surface area contributed by atoms with Gasteiger partial charge in [-0.1, -0.05) is 12.2 Å². The Morgan fingerprint density at radius 2 is 2.24 bits per heavy atom. The van der Waals surface area contributed by atoms with Crippen LogP contribution in [0.3, 0.4) is 0 Å². The van der Waals surface area contributed by atoms with Crippen molar-refractivity contribution in [3.63, 3.8) is 0 Å². The zero-order valence-electron chi connectivity index (χ0n) is 9.32. The Morgan fingerprint density at radius 3 is 2.82 bits per heavy atom. The summed E-state index contributed by atoms with van der Waals surface area (Å²) in [6.07, 6.45) is 7.02. The van der Waals surface area contributed by atoms with E-state index in [-0.39, 0.29) is 11.6 Å². The van der Waals surface area contributed by atoms with Crippen molar-refractivity contribution in [1.82, 2.24) is 0 Å². The van der Waals surface area contributed by atoms with E-state index in [1.54, 1.807) is 0 Å². The number of hydrogen-bond donors (Lipinski definition) is 2. The number of halogens is 1. The van der Waals surface area contributed by atoms with Crippen LogP contribution in [0.5, 0.6) is 0 Å². The van der Waals surface area contributed by atoms with Crippen molar-refractivity contribution in [1.29, 1.82) is 0 Å². The summed E-state index contributed by atoms with van der Waals surface area (Å²) < 4.78 is 13.6. The van der Waals surface area contributed by atoms with Gasteiger partial charge in [-0.15, -0.1) is 0 Å². The zero-order valence-corrected chi connectivity index (χ0v) is 9.32. The number of allylic oxidation sites excluding steroid dienone is 1. The molecule has 1 aromatic rings. The van der Waals surface area contributed by atoms with Crippen LogP contribution in [0.4, 0.5) is 10.1 Å². The maximum Gasteiger partial charge on any atom is 0.335 e. The molecule has 4 heteroatoms. The van der Waals surface area contributed by atoms with E-state index in [1.165, 1.54) is 12.1 Å². The molecule has 1 aromatic carbocycles. The Hall–Kier alpha value is -1.84. The fraction of sp³-hybridized carbons (Fsp3) is 0.308. The van der Waals surface area contributed by atoms with Gasteiger partial charge in [0.05, 0.1) is 11.3 Å². The van der Waals surface area contributed by atoms with Crippen LogP contribution in [0.1, 0.15) is 29.6 Å². The van der Waals surface area contributed by atoms with Crippen molar-refractivity contribution in [2.24, 2.45) is 0 Å². The molecule has 2 N–H and O–H groups in total. The number of carboxylic acids is 1. The summed E-state index contributed by atoms with van der Waals surface area (Å²) >= 11 is 0. The molecular formula is C13H14FNO2. The SMILES string of the molecule is O=C(O)c1ccc(NC2CC=CCC2)c(F)c1. The van der Waals surface area contributed by atoms with Gasteiger partial charge in [0.2, 0.25) is 0 Å². The number of aromatic carboxylic acids is 1. The van der Waals surface area contributed by atoms with Gasteiger partial charge >= 0.3 is 5.97 Å². The Labute approximate surface area is 99.0 Å². The number of benzene rings is 1. The third-order valence-corrected chi connectivity index (χ3v) is 2.84. The predicted molar refractivity (Wildman–Crippen MR) is 63.8 cm³/mol. The van der Waals surface area contributed by atoms with Gasteiger partial charge in [0, 0.05) is 6.04 Å². The number of carboxylic acid groups (broad SMARTS) is 1. The number of anilines is 1. The van der Waals surface area contributed by atoms with Crippen LogP contribution in [0.15, 0.2) is 30.4 Å². The maximum absolute atomic E-state index is 13.6. The van der Waals surface area contributed by atoms with E-state index < -0.39 is 11.8 Å². The van der Waals surface area contributed by atoms with Gasteiger partial charge in [0.15, 0.2) is 0 Å². The summed E-state index contributed by atoms with van der Waals surface area (Å²) in [6, 6.07) is 4.16. The molecule has 0 aliphatic heterocycles. The molecule has 1 unspecified atom stereocenters. The molecule has 0 aromatic heterocycles. The molecule has 0 saturated carbocycles. The van der Waals surface area contributed by atoms with E-state index in [4.69, 9.17) is 5.11 Å². The van der Waals surface area contributed by atoms with Gasteiger partial charge in [0.1, 0.15) is 5.82 Å². The molecule has 0 heterocycles. The monoisotopic (exact) mass is 235 g/mol. The highest BCUT2D eigenvalue weighted by molar-refractivity contribution is 5.88. The topological polar surface area (TPSA) is 49.3 Å². The van der Waals surface area contributed by atoms with Gasteiger partial charge in [0.25, 0.3) is 0 Å². The lowest BCUT2D eigenvalue weighted by atomic mass is 10.0. The molecule has 1 aliphatic rings. The van der Waals surface area contributed by atoms with Crippen LogP contribution in [0.2, 0.25) is 0 Å². The highest BCUT2D eigenvalue weighted by Crippen LogP contribution is 2.21. The highest BCUT2D eigenvalue weighted by atomic mass is 19.1. The van der Waals surface area contributed by atoms with Gasteiger partial charge in [-0.2, -0.15) is 0 Å². The summed E-state index contributed by atoms with van der Waals surface area (Å²) in [5.74, 6) is -1.63. The summed E-state index contributed by atoms with van der Waals surface area (Å²) in [7, 11) is 0. The minimum atomic E-state index is -1.11. The summed E-state index contributed by atoms with van der Waals surface area (Å²) in [5, 5.41) is 11.8. The molecule has 0 amide bonds. The van der Waals surface area contributed by atoms with Crippen LogP contribution >= 0.6 is 0 Å². The lowest BCUT2D eigenvalue weighted by molar-refractivity contribution is 0.0696. The normalized spacial score (nSPS) is 19.0. The molecule has 90 valence electrons. The second-order valence-electron chi connectivity index (χ2n) is 4.13. The maximum atomic E-state index is 13.6. The van der Waals surface area contributed by atoms with Crippen LogP contribution < -0.4 is 5.32 Å². The van der Waals surface area contributed by atoms with Crippen LogP contribution in [0, 0.1) is 5.82 Å². The molecule has 1 aliphatic carbocycles. The van der Waals surface area contributed by atoms with Gasteiger partial charge in [-0.05, 0) is 37.5 Å². The van der Waals surface area contributed by atoms with E-state index in [0.717, 1.165) is 25.3 Å². The van der Waals surface area contributed by atoms with Crippen LogP contribution in [-0.4, -0.2) is 17.1 Å². The van der Waals surface area contributed by atoms with Gasteiger partial charge in [-0.3, -0.25) is 0 Å². The van der Waals surface area contributed by atoms with Crippen molar-refractivity contribution in [2.75, 3.05) is 5.32 Å². The molecule has 0 saturated heterocycles. The minimum absolute atomic E-state index is 0.0309. The van der Waals surface area contributed by atoms with Crippen molar-refractivity contribution >= 4 is 11.7 Å². The standard InChI is InChI=1S/C13H14FNO2/c14-11-8-9(13(16)17)6-7-12(11)15-10-4-2-1-3-5-10/h1-2,6-8,10,15H,3-5H2,(H,16,17). The average molecular weight is 235 g/mol. The Kier molecular flexibility index (Phi) is 3.42. The molecule has 0 spiro atoms. The Bertz CT molecular complexity index is 457. The van der Waals surface area contributed by atoms with E-state index in [1.807, 2.05) is 0 Å². The molecule has 2 rings (SSSR count). The Morgan fingerprint density at radius 1 is 1.41 bits per heavy atom. The number of nitrogens with one attached hydrogen (secondary N) is 1. The second kappa shape index (κ2) is 4.99. The Balaban J connectivity index is 2.11. The highest BCUT2D eigenvalue weighted by Gasteiger charge is 2.13. The largest absolute Gasteiger partial charge is 0.478 e. The van der Waals surface area contributed by atoms with Crippen molar-refractivity contribution < 1.29 is 14.3 Å². The van der Waals surface area contributed by atoms with E-state index >= 15 is 0 Å². The fourth-order valence-electron chi connectivity index (χ4n) is 1.91. The predicted octanol–water partition coefficient (Wildman–Crippen LogP) is 3.04. The zero-order chi connectivity index (χ0) is 12.3. The fourth-order valence-corrected chi connectivity index (χ4v) is 1.91. The number of hydrogen-bond acceptors (Lipinski definition) is 2. The third kappa shape index (κ3) is 2.84. The third-order valence-electron chi connectivity index (χ3n) is 2.84. The smallest absolute Gasteiger partial charge is 0.335 e. The molecular weight excluding hydrogens is 221 g/mol. The van der Waals surface area contributed by atoms with Crippen LogP contribution in [-0.2, 0) is 0 Å². The molecule has 3 nitrogen and oxygen atoms in total. The van der Waals surface area contributed by atoms with Crippen LogP contribution in [0.25, 0.3) is 0 Å². The van der Waals surface area contributed by atoms with E-state index in [9.17, 15) is 9.18 Å². The van der Waals surface area contributed by atoms with Gasteiger partial charge in [-0.25, -0.2) is 9.18 Å². The molecule has 0 bridgehead atoms. The van der Waals surface area contributed by atoms with E-state index in [0.29, 0.717) is 5.69 Å². The first-order valence-electron chi connectivity index (χ1n) is 5.61. The lowest BCUT2D eigenvalue weighted by Gasteiger charge is -2.21. The lowest BCUT2D eigenvalue weighted by Crippen LogP contribution is -2.21. The first kappa shape index (κ1) is 11.6. The number of rotatable bonds is 3. The molecule has 0 fully saturated rings. The molecule has 17 heavy (non-hydrogen) atoms. The summed E-state index contributed by atoms with van der Waals surface area (Å²) in [4.78, 5) is 10.7. The van der Waals surface area contributed by atoms with Gasteiger partial charge < -0.3 is 10.4 Å². The minimum Gasteiger partial charge on any atom is -0.478 e. The average Bonchev–Trinajstić information content (AvgIpc) is 2.33. The molecule has 0 radical (unpaired) electrons. The van der Waals surface area contributed by atoms with Crippen molar-refractivity contribution in [3.8, 4) is 0 Å². The van der Waals surface area contributed by atoms with Crippen molar-refractivity contribution in [2.45, 2.75) is 25.3 Å².